The van der Waals surface area contributed by atoms with Gasteiger partial charge in [-0.05, 0) is 12.8 Å². The quantitative estimate of drug-likeness (QED) is 0.0301. The molecule has 4 N–H and O–H groups in total. The maximum absolute atomic E-state index is 12.8. The van der Waals surface area contributed by atoms with Crippen LogP contribution in [0.4, 0.5) is 0 Å². The minimum absolute atomic E-state index is 0.171. The molecule has 88 heavy (non-hydrogen) atoms. The Hall–Kier alpha value is -1.52. The molecule has 0 saturated carbocycles. The smallest absolute Gasteiger partial charge is 0.472 e. The van der Waals surface area contributed by atoms with Crippen molar-refractivity contribution >= 4 is 25.7 Å². The van der Waals surface area contributed by atoms with E-state index in [4.69, 9.17) is 29.4 Å². The first kappa shape index (κ1) is 86.5. The van der Waals surface area contributed by atoms with Gasteiger partial charge in [0, 0.05) is 12.8 Å². The highest BCUT2D eigenvalue weighted by Crippen LogP contribution is 2.43. The monoisotopic (exact) mass is 1270 g/mol. The van der Waals surface area contributed by atoms with E-state index in [1.165, 1.54) is 360 Å². The molecule has 0 aliphatic rings. The van der Waals surface area contributed by atoms with Gasteiger partial charge >= 0.3 is 25.7 Å². The van der Waals surface area contributed by atoms with Gasteiger partial charge in [0.15, 0.2) is 6.10 Å². The van der Waals surface area contributed by atoms with Crippen molar-refractivity contribution in [2.24, 2.45) is 5.73 Å². The third-order valence-electron chi connectivity index (χ3n) is 18.4. The van der Waals surface area contributed by atoms with Gasteiger partial charge in [0.1, 0.15) is 12.6 Å². The van der Waals surface area contributed by atoms with E-state index in [0.717, 1.165) is 38.5 Å². The number of phosphoric ester groups is 1. The number of hydrogen-bond donors (Lipinski definition) is 3. The fraction of sp³-hybridized carbons (Fsp3) is 0.961. The Morgan fingerprint density at radius 3 is 0.716 bits per heavy atom. The van der Waals surface area contributed by atoms with Gasteiger partial charge in [-0.3, -0.25) is 23.4 Å². The lowest BCUT2D eigenvalue weighted by atomic mass is 10.0. The van der Waals surface area contributed by atoms with Gasteiger partial charge in [0.2, 0.25) is 0 Å². The molecule has 0 bridgehead atoms. The maximum Gasteiger partial charge on any atom is 0.472 e. The van der Waals surface area contributed by atoms with Crippen LogP contribution in [0.25, 0.3) is 0 Å². The molecule has 0 fully saturated rings. The number of carboxylic acids is 1. The number of carbonyl (C=O) groups is 3. The van der Waals surface area contributed by atoms with Crippen LogP contribution in [0.1, 0.15) is 438 Å². The number of aliphatic carboxylic acids is 1. The number of carboxylic acid groups (broad SMARTS) is 1. The summed E-state index contributed by atoms with van der Waals surface area (Å²) in [5.74, 6) is -2.33. The number of carbonyl (C=O) groups excluding carboxylic acids is 2. The molecular weight excluding hydrogens is 1120 g/mol. The van der Waals surface area contributed by atoms with E-state index in [9.17, 15) is 23.8 Å². The Balaban J connectivity index is 3.90. The highest BCUT2D eigenvalue weighted by molar-refractivity contribution is 7.47. The van der Waals surface area contributed by atoms with E-state index in [1.807, 2.05) is 0 Å². The molecule has 0 spiro atoms. The Kier molecular flexibility index (Phi) is 70.1. The van der Waals surface area contributed by atoms with E-state index in [2.05, 4.69) is 13.8 Å². The predicted molar refractivity (Wildman–Crippen MR) is 374 cm³/mol. The first-order valence-corrected chi connectivity index (χ1v) is 40.6. The van der Waals surface area contributed by atoms with E-state index >= 15 is 0 Å². The zero-order valence-corrected chi connectivity index (χ0v) is 59.5. The zero-order valence-electron chi connectivity index (χ0n) is 58.6. The predicted octanol–water partition coefficient (Wildman–Crippen LogP) is 24.8. The van der Waals surface area contributed by atoms with Crippen LogP contribution in [0.15, 0.2) is 0 Å². The Bertz CT molecular complexity index is 1490. The second-order valence-corrected chi connectivity index (χ2v) is 28.7. The summed E-state index contributed by atoms with van der Waals surface area (Å²) in [6.07, 6.45) is 85.4. The fourth-order valence-corrected chi connectivity index (χ4v) is 13.1. The molecule has 3 atom stereocenters. The molecule has 0 radical (unpaired) electrons. The summed E-state index contributed by atoms with van der Waals surface area (Å²) in [4.78, 5) is 46.7. The number of rotatable bonds is 76. The topological polar surface area (TPSA) is 172 Å². The molecule has 0 rings (SSSR count). The van der Waals surface area contributed by atoms with Crippen molar-refractivity contribution < 1.29 is 47.5 Å². The largest absolute Gasteiger partial charge is 0.480 e. The van der Waals surface area contributed by atoms with Crippen molar-refractivity contribution in [3.8, 4) is 0 Å². The molecule has 1 unspecified atom stereocenters. The summed E-state index contributed by atoms with van der Waals surface area (Å²) in [5, 5.41) is 9.00. The summed E-state index contributed by atoms with van der Waals surface area (Å²) >= 11 is 0. The second-order valence-electron chi connectivity index (χ2n) is 27.2. The van der Waals surface area contributed by atoms with Gasteiger partial charge in [0.05, 0.1) is 13.2 Å². The van der Waals surface area contributed by atoms with Crippen molar-refractivity contribution in [2.45, 2.75) is 450 Å². The molecular formula is C76H150NO10P. The Morgan fingerprint density at radius 1 is 0.307 bits per heavy atom. The molecule has 12 heteroatoms. The van der Waals surface area contributed by atoms with Crippen LogP contribution >= 0.6 is 7.82 Å². The third-order valence-corrected chi connectivity index (χ3v) is 19.3. The summed E-state index contributed by atoms with van der Waals surface area (Å²) in [6.45, 7) is 2.93. The van der Waals surface area contributed by atoms with Crippen molar-refractivity contribution in [2.75, 3.05) is 19.8 Å². The van der Waals surface area contributed by atoms with Gasteiger partial charge in [0.25, 0.3) is 0 Å². The van der Waals surface area contributed by atoms with Crippen molar-refractivity contribution in [1.82, 2.24) is 0 Å². The minimum Gasteiger partial charge on any atom is -0.480 e. The Labute approximate surface area is 546 Å². The van der Waals surface area contributed by atoms with Crippen molar-refractivity contribution in [3.05, 3.63) is 0 Å². The molecule has 0 aromatic carbocycles. The molecule has 524 valence electrons. The van der Waals surface area contributed by atoms with Crippen LogP contribution in [0.5, 0.6) is 0 Å². The molecule has 0 aliphatic carbocycles. The number of phosphoric acid groups is 1. The lowest BCUT2D eigenvalue weighted by molar-refractivity contribution is -0.161. The first-order chi connectivity index (χ1) is 43.1. The van der Waals surface area contributed by atoms with Gasteiger partial charge in [-0.25, -0.2) is 4.57 Å². The second kappa shape index (κ2) is 71.3. The number of ether oxygens (including phenoxy) is 2. The number of nitrogens with two attached hydrogens (primary N) is 1. The summed E-state index contributed by atoms with van der Waals surface area (Å²) in [5.41, 5.74) is 5.40. The number of unbranched alkanes of at least 4 members (excludes halogenated alkanes) is 62. The zero-order chi connectivity index (χ0) is 64.0. The molecule has 11 nitrogen and oxygen atoms in total. The SMILES string of the molecule is CCCCCCCCCCCCCCCCCCCCCCCCCCCCCCCCCCC(=O)OC[C@H](COP(=O)(O)OC[C@H](N)C(=O)O)OC(=O)CCCCCCCCCCCCCCCCCCCCCCCCCCCCCCCCCC. The first-order valence-electron chi connectivity index (χ1n) is 39.1. The summed E-state index contributed by atoms with van der Waals surface area (Å²) in [6, 6.07) is -1.52. The minimum atomic E-state index is -4.73. The van der Waals surface area contributed by atoms with Crippen LogP contribution in [0.3, 0.4) is 0 Å². The van der Waals surface area contributed by atoms with E-state index in [-0.39, 0.29) is 19.4 Å². The fourth-order valence-electron chi connectivity index (χ4n) is 12.4. The molecule has 0 aliphatic heterocycles. The number of hydrogen-bond acceptors (Lipinski definition) is 9. The normalized spacial score (nSPS) is 13.0. The average molecular weight is 1270 g/mol. The van der Waals surface area contributed by atoms with Crippen LogP contribution < -0.4 is 5.73 Å². The van der Waals surface area contributed by atoms with Gasteiger partial charge in [-0.15, -0.1) is 0 Å². The Morgan fingerprint density at radius 2 is 0.500 bits per heavy atom. The summed E-state index contributed by atoms with van der Waals surface area (Å²) < 4.78 is 33.2. The van der Waals surface area contributed by atoms with Gasteiger partial charge < -0.3 is 25.2 Å². The lowest BCUT2D eigenvalue weighted by Crippen LogP contribution is -2.34. The average Bonchev–Trinajstić information content (AvgIpc) is 3.57. The van der Waals surface area contributed by atoms with Gasteiger partial charge in [-0.1, -0.05) is 412 Å². The van der Waals surface area contributed by atoms with Crippen LogP contribution in [-0.2, 0) is 37.5 Å². The van der Waals surface area contributed by atoms with Gasteiger partial charge in [-0.2, -0.15) is 0 Å². The van der Waals surface area contributed by atoms with Crippen molar-refractivity contribution in [3.63, 3.8) is 0 Å². The molecule has 0 aromatic rings. The highest BCUT2D eigenvalue weighted by Gasteiger charge is 2.28. The molecule has 0 amide bonds. The lowest BCUT2D eigenvalue weighted by Gasteiger charge is -2.20. The summed E-state index contributed by atoms with van der Waals surface area (Å²) in [7, 11) is -4.73. The molecule has 0 aromatic heterocycles. The highest BCUT2D eigenvalue weighted by atomic mass is 31.2. The van der Waals surface area contributed by atoms with Crippen LogP contribution in [0.2, 0.25) is 0 Å². The van der Waals surface area contributed by atoms with E-state index in [1.54, 1.807) is 0 Å². The molecule has 0 saturated heterocycles. The molecule has 0 heterocycles. The van der Waals surface area contributed by atoms with E-state index < -0.39 is 51.1 Å². The number of esters is 2. The van der Waals surface area contributed by atoms with Crippen molar-refractivity contribution in [1.29, 1.82) is 0 Å². The van der Waals surface area contributed by atoms with Crippen LogP contribution in [0, 0.1) is 0 Å². The third kappa shape index (κ3) is 70.4. The standard InChI is InChI=1S/C76H150NO10P/c1-3-5-7-9-11-13-15-17-19-21-23-25-27-29-31-33-35-37-39-41-43-45-47-49-51-53-55-57-59-61-63-65-67-74(78)84-69-72(70-85-88(82,83)86-71-73(77)76(80)81)87-75(79)68-66-64-62-60-58-56-54-52-50-48-46-44-42-40-38-36-34-32-30-28-26-24-22-20-18-16-14-12-10-8-6-4-2/h72-73H,3-71,77H2,1-2H3,(H,80,81)(H,82,83)/t72-,73+/m1/s1. The maximum atomic E-state index is 12.8. The van der Waals surface area contributed by atoms with E-state index in [0.29, 0.717) is 12.8 Å². The van der Waals surface area contributed by atoms with Crippen LogP contribution in [-0.4, -0.2) is 59.9 Å².